The first kappa shape index (κ1) is 19.8. The monoisotopic (exact) mass is 356 g/mol. The molecule has 1 N–H and O–H groups in total. The third-order valence-corrected chi connectivity index (χ3v) is 4.25. The van der Waals surface area contributed by atoms with E-state index in [1.54, 1.807) is 14.2 Å². The van der Waals surface area contributed by atoms with Crippen molar-refractivity contribution in [2.45, 2.75) is 19.9 Å². The minimum atomic E-state index is 0.0447. The van der Waals surface area contributed by atoms with Crippen LogP contribution in [-0.2, 0) is 17.8 Å². The number of amides is 1. The normalized spacial score (nSPS) is 10.6. The molecule has 0 saturated carbocycles. The number of nitrogens with one attached hydrogen (secondary N) is 1. The molecule has 0 aliphatic rings. The Balaban J connectivity index is 1.79. The molecule has 5 heteroatoms. The largest absolute Gasteiger partial charge is 0.493 e. The van der Waals surface area contributed by atoms with E-state index in [-0.39, 0.29) is 5.91 Å². The standard InChI is InChI=1S/C21H28N2O3/c1-4-23(15-18-8-6-5-7-9-18)16-21(24)22-13-12-17-10-11-19(25-2)20(14-17)26-3/h5-11,14H,4,12-13,15-16H2,1-3H3,(H,22,24). The number of ether oxygens (including phenoxy) is 2. The van der Waals surface area contributed by atoms with Crippen molar-refractivity contribution >= 4 is 5.91 Å². The van der Waals surface area contributed by atoms with E-state index in [0.717, 1.165) is 25.1 Å². The summed E-state index contributed by atoms with van der Waals surface area (Å²) >= 11 is 0. The van der Waals surface area contributed by atoms with Crippen molar-refractivity contribution in [1.82, 2.24) is 10.2 Å². The number of likely N-dealkylation sites (N-methyl/N-ethyl adjacent to an activating group) is 1. The smallest absolute Gasteiger partial charge is 0.234 e. The fourth-order valence-electron chi connectivity index (χ4n) is 2.76. The van der Waals surface area contributed by atoms with Crippen LogP contribution in [0.5, 0.6) is 11.5 Å². The molecule has 0 aromatic heterocycles. The lowest BCUT2D eigenvalue weighted by Crippen LogP contribution is -2.37. The van der Waals surface area contributed by atoms with Gasteiger partial charge in [0.15, 0.2) is 11.5 Å². The van der Waals surface area contributed by atoms with Gasteiger partial charge in [-0.2, -0.15) is 0 Å². The summed E-state index contributed by atoms with van der Waals surface area (Å²) in [5.74, 6) is 1.46. The number of hydrogen-bond donors (Lipinski definition) is 1. The van der Waals surface area contributed by atoms with Crippen LogP contribution < -0.4 is 14.8 Å². The zero-order valence-corrected chi connectivity index (χ0v) is 15.8. The molecule has 0 atom stereocenters. The van der Waals surface area contributed by atoms with Crippen molar-refractivity contribution < 1.29 is 14.3 Å². The van der Waals surface area contributed by atoms with E-state index < -0.39 is 0 Å². The summed E-state index contributed by atoms with van der Waals surface area (Å²) in [5, 5.41) is 3.00. The second-order valence-electron chi connectivity index (χ2n) is 6.08. The molecule has 2 rings (SSSR count). The van der Waals surface area contributed by atoms with Crippen LogP contribution in [0.2, 0.25) is 0 Å². The fraction of sp³-hybridized carbons (Fsp3) is 0.381. The van der Waals surface area contributed by atoms with E-state index in [9.17, 15) is 4.79 Å². The molecule has 140 valence electrons. The molecule has 2 aromatic rings. The van der Waals surface area contributed by atoms with Gasteiger partial charge in [0.2, 0.25) is 5.91 Å². The average Bonchev–Trinajstić information content (AvgIpc) is 2.68. The Hall–Kier alpha value is -2.53. The molecule has 5 nitrogen and oxygen atoms in total. The molecular formula is C21H28N2O3. The second kappa shape index (κ2) is 10.5. The molecule has 0 heterocycles. The molecule has 0 unspecified atom stereocenters. The number of rotatable bonds is 10. The van der Waals surface area contributed by atoms with E-state index in [1.165, 1.54) is 5.56 Å². The predicted molar refractivity (Wildman–Crippen MR) is 104 cm³/mol. The minimum Gasteiger partial charge on any atom is -0.493 e. The Morgan fingerprint density at radius 2 is 1.73 bits per heavy atom. The van der Waals surface area contributed by atoms with E-state index in [0.29, 0.717) is 24.6 Å². The van der Waals surface area contributed by atoms with Gasteiger partial charge in [-0.25, -0.2) is 0 Å². The van der Waals surface area contributed by atoms with Gasteiger partial charge in [-0.1, -0.05) is 43.3 Å². The van der Waals surface area contributed by atoms with Crippen molar-refractivity contribution in [2.75, 3.05) is 33.9 Å². The number of nitrogens with zero attached hydrogens (tertiary/aromatic N) is 1. The maximum absolute atomic E-state index is 12.2. The maximum atomic E-state index is 12.2. The highest BCUT2D eigenvalue weighted by Gasteiger charge is 2.10. The number of benzene rings is 2. The lowest BCUT2D eigenvalue weighted by Gasteiger charge is -2.20. The highest BCUT2D eigenvalue weighted by atomic mass is 16.5. The van der Waals surface area contributed by atoms with Crippen LogP contribution in [0.1, 0.15) is 18.1 Å². The van der Waals surface area contributed by atoms with Crippen molar-refractivity contribution in [3.05, 3.63) is 59.7 Å². The van der Waals surface area contributed by atoms with E-state index in [1.807, 2.05) is 36.4 Å². The van der Waals surface area contributed by atoms with E-state index >= 15 is 0 Å². The third kappa shape index (κ3) is 6.08. The summed E-state index contributed by atoms with van der Waals surface area (Å²) < 4.78 is 10.5. The quantitative estimate of drug-likeness (QED) is 0.711. The Bertz CT molecular complexity index is 689. The second-order valence-corrected chi connectivity index (χ2v) is 6.08. The predicted octanol–water partition coefficient (Wildman–Crippen LogP) is 2.88. The molecule has 0 bridgehead atoms. The molecule has 0 aliphatic carbocycles. The molecule has 0 radical (unpaired) electrons. The van der Waals surface area contributed by atoms with Crippen molar-refractivity contribution in [3.63, 3.8) is 0 Å². The zero-order chi connectivity index (χ0) is 18.8. The number of hydrogen-bond acceptors (Lipinski definition) is 4. The summed E-state index contributed by atoms with van der Waals surface area (Å²) in [6.45, 7) is 4.67. The van der Waals surface area contributed by atoms with Crippen LogP contribution in [0, 0.1) is 0 Å². The summed E-state index contributed by atoms with van der Waals surface area (Å²) in [6.07, 6.45) is 0.747. The van der Waals surface area contributed by atoms with Gasteiger partial charge in [0.25, 0.3) is 0 Å². The van der Waals surface area contributed by atoms with Gasteiger partial charge >= 0.3 is 0 Å². The van der Waals surface area contributed by atoms with Crippen LogP contribution in [0.4, 0.5) is 0 Å². The molecule has 0 fully saturated rings. The van der Waals surface area contributed by atoms with Crippen molar-refractivity contribution in [1.29, 1.82) is 0 Å². The molecule has 2 aromatic carbocycles. The first-order valence-corrected chi connectivity index (χ1v) is 8.90. The van der Waals surface area contributed by atoms with Crippen LogP contribution >= 0.6 is 0 Å². The summed E-state index contributed by atoms with van der Waals surface area (Å²) in [6, 6.07) is 16.0. The van der Waals surface area contributed by atoms with Crippen LogP contribution in [0.15, 0.2) is 48.5 Å². The molecule has 0 aliphatic heterocycles. The van der Waals surface area contributed by atoms with Gasteiger partial charge < -0.3 is 14.8 Å². The highest BCUT2D eigenvalue weighted by molar-refractivity contribution is 5.78. The van der Waals surface area contributed by atoms with Gasteiger partial charge in [0.05, 0.1) is 20.8 Å². The van der Waals surface area contributed by atoms with Crippen molar-refractivity contribution in [2.24, 2.45) is 0 Å². The molecular weight excluding hydrogens is 328 g/mol. The van der Waals surface area contributed by atoms with E-state index in [4.69, 9.17) is 9.47 Å². The molecule has 26 heavy (non-hydrogen) atoms. The Kier molecular flexibility index (Phi) is 7.96. The zero-order valence-electron chi connectivity index (χ0n) is 15.8. The number of methoxy groups -OCH3 is 2. The summed E-state index contributed by atoms with van der Waals surface area (Å²) in [4.78, 5) is 14.3. The van der Waals surface area contributed by atoms with Gasteiger partial charge in [0, 0.05) is 13.1 Å². The van der Waals surface area contributed by atoms with Crippen molar-refractivity contribution in [3.8, 4) is 11.5 Å². The SMILES string of the molecule is CCN(CC(=O)NCCc1ccc(OC)c(OC)c1)Cc1ccccc1. The Morgan fingerprint density at radius 1 is 1.00 bits per heavy atom. The topological polar surface area (TPSA) is 50.8 Å². The molecule has 0 spiro atoms. The van der Waals surface area contributed by atoms with E-state index in [2.05, 4.69) is 29.3 Å². The van der Waals surface area contributed by atoms with Crippen LogP contribution in [-0.4, -0.2) is 44.7 Å². The minimum absolute atomic E-state index is 0.0447. The van der Waals surface area contributed by atoms with Gasteiger partial charge in [-0.05, 0) is 36.2 Å². The lowest BCUT2D eigenvalue weighted by molar-refractivity contribution is -0.122. The van der Waals surface area contributed by atoms with Gasteiger partial charge in [-0.15, -0.1) is 0 Å². The summed E-state index contributed by atoms with van der Waals surface area (Å²) in [5.41, 5.74) is 2.31. The summed E-state index contributed by atoms with van der Waals surface area (Å²) in [7, 11) is 3.24. The average molecular weight is 356 g/mol. The maximum Gasteiger partial charge on any atom is 0.234 e. The Morgan fingerprint density at radius 3 is 2.38 bits per heavy atom. The molecule has 1 amide bonds. The van der Waals surface area contributed by atoms with Crippen LogP contribution in [0.3, 0.4) is 0 Å². The Labute approximate surface area is 155 Å². The highest BCUT2D eigenvalue weighted by Crippen LogP contribution is 2.27. The lowest BCUT2D eigenvalue weighted by atomic mass is 10.1. The van der Waals surface area contributed by atoms with Crippen LogP contribution in [0.25, 0.3) is 0 Å². The number of carbonyl (C=O) groups is 1. The van der Waals surface area contributed by atoms with Gasteiger partial charge in [0.1, 0.15) is 0 Å². The fourth-order valence-corrected chi connectivity index (χ4v) is 2.76. The first-order valence-electron chi connectivity index (χ1n) is 8.90. The third-order valence-electron chi connectivity index (χ3n) is 4.25. The first-order chi connectivity index (χ1) is 12.7. The van der Waals surface area contributed by atoms with Gasteiger partial charge in [-0.3, -0.25) is 9.69 Å². The number of carbonyl (C=O) groups excluding carboxylic acids is 1. The molecule has 0 saturated heterocycles.